The zero-order chi connectivity index (χ0) is 106. The molecule has 13 rings (SSSR count). The van der Waals surface area contributed by atoms with Crippen molar-refractivity contribution in [1.82, 2.24) is 60.1 Å². The van der Waals surface area contributed by atoms with Gasteiger partial charge in [-0.2, -0.15) is 77.6 Å². The van der Waals surface area contributed by atoms with Gasteiger partial charge in [-0.25, -0.2) is 44.3 Å². The molecule has 3 saturated heterocycles. The summed E-state index contributed by atoms with van der Waals surface area (Å²) in [6, 6.07) is 32.2. The summed E-state index contributed by atoms with van der Waals surface area (Å²) in [5.74, 6) is 0.0447. The second-order valence-electron chi connectivity index (χ2n) is 28.1. The standard InChI is InChI=1S/C26H25F5N6O3.C24H23F5N6O2.C18H16F2N4O.C7H4ClNO4.C7H11F3N2O.C2H6S.6H2/c1-15-3-6-19(34-24-32-12-18(13-33-24)17-4-7-20(8-5-17)40-23(27)28)11-21(15)35-25(39)36-9-10-37(16(2)38)22(14-36)26(29,30)31;1-14-2-5-17(10-19(14)34-23(36)35-9-8-30-20(13-35)24(27,28)29)33-22-31-11-16(12-32-22)15-3-6-18(7-4-15)37-21(25)26;1-11-2-5-14(8-16(11)21)24-18-22-9-13(10-23-18)12-3-6-15(7-4-12)25-17(19)20;8-7(10)13-6-3-1-5(2-4-6)9(11)12;1-5(13)12-3-2-11-4-6(12)7(8,9)10;1-3-2;;;;;;/h3-8,11-13,22-23H,9-10,14H2,1-2H3,(H,35,39)(H,32,33,34);2-7,10-12,20-21,30H,8-9,13H2,1H3,(H,34,36)(H,31,32,33);2-10,17H,21H2,1H3,(H,22,23,24);1-4H;6,11H,2-4H2,1H3;1-2H3;6*1H/i;;;;;;5*1+1D;1+1. The van der Waals surface area contributed by atoms with Crippen molar-refractivity contribution < 1.29 is 130 Å². The van der Waals surface area contributed by atoms with E-state index in [1.807, 2.05) is 37.6 Å². The highest BCUT2D eigenvalue weighted by molar-refractivity contribution is 7.97. The lowest BCUT2D eigenvalue weighted by Gasteiger charge is -2.41. The second kappa shape index (κ2) is 48.0. The number of non-ortho nitro benzene ring substituents is 1. The molecule has 10 aromatic rings. The number of nitrogens with one attached hydrogen (secondary N) is 7. The largest absolute Gasteiger partial charge is 0.435 e. The number of hydrogen-bond donors (Lipinski definition) is 8. The first kappa shape index (κ1) is 94.8. The molecule has 3 aliphatic heterocycles. The maximum Gasteiger partial charge on any atom is 0.410 e. The number of nitrogens with two attached hydrogens (primary N) is 1. The van der Waals surface area contributed by atoms with Crippen LogP contribution in [0.2, 0.25) is 0 Å². The van der Waals surface area contributed by atoms with Gasteiger partial charge in [-0.3, -0.25) is 19.7 Å². The zero-order valence-corrected chi connectivity index (χ0v) is 71.7. The Labute approximate surface area is 764 Å². The number of ether oxygens (including phenoxy) is 4. The highest BCUT2D eigenvalue weighted by Gasteiger charge is 2.49. The van der Waals surface area contributed by atoms with Crippen molar-refractivity contribution in [2.45, 2.75) is 91.1 Å². The summed E-state index contributed by atoms with van der Waals surface area (Å²) < 4.78 is 258. The number of hydrogen-bond acceptors (Lipinski definition) is 24. The van der Waals surface area contributed by atoms with Crippen molar-refractivity contribution >= 4 is 110 Å². The number of halogens is 16. The molecule has 0 saturated carbocycles. The van der Waals surface area contributed by atoms with E-state index >= 15 is 0 Å². The molecule has 6 amide bonds. The summed E-state index contributed by atoms with van der Waals surface area (Å²) in [7, 11) is 0. The highest BCUT2D eigenvalue weighted by atomic mass is 35.5. The monoisotopic (exact) mass is 1910 g/mol. The third-order valence-corrected chi connectivity index (χ3v) is 18.9. The Balaban J connectivity index is 0.000000612. The summed E-state index contributed by atoms with van der Waals surface area (Å²) in [5.41, 5.74) is 14.8. The van der Waals surface area contributed by atoms with Crippen molar-refractivity contribution in [3.8, 4) is 56.4 Å². The molecule has 6 heterocycles. The number of benzene rings is 7. The predicted octanol–water partition coefficient (Wildman–Crippen LogP) is 20.1. The SMILES string of the molecule is CC(=O)N1CCN(C(=O)Nc2cc(Nc3ncc(-c4ccc(OC(F)F)cc4)cn3)ccc2C)CC1C(F)(F)F.CC(=O)N1CCNCC1C(F)(F)F.CSC.Cc1ccc(Nc2ncc(-c3ccc(OC(F)F)cc3)cn2)cc1N.Cc1ccc(Nc2ncc(-c3ccc(OC(F)F)cc3)cn2)cc1NC(=O)N1CCNC(C(F)(F)F)C1.O=C(Cl)Oc1ccc([N+](=O)[O-])cc1.[2HH].[2H][2H].[2H][2H].[2H][2H].[2H][2H].[2H][2H]. The first-order chi connectivity index (χ1) is 66.9. The first-order valence-corrected chi connectivity index (χ1v) is 40.8. The molecule has 3 atom stereocenters. The Kier molecular flexibility index (Phi) is 34.8. The van der Waals surface area contributed by atoms with Crippen molar-refractivity contribution in [2.75, 3.05) is 104 Å². The second-order valence-corrected chi connectivity index (χ2v) is 29.3. The number of carbonyl (C=O) groups is 5. The van der Waals surface area contributed by atoms with E-state index < -0.39 is 104 Å². The number of amides is 6. The molecule has 0 radical (unpaired) electrons. The van der Waals surface area contributed by atoms with Gasteiger partial charge < -0.3 is 81.5 Å². The summed E-state index contributed by atoms with van der Waals surface area (Å²) in [6.07, 6.45) is 0.102. The van der Waals surface area contributed by atoms with Gasteiger partial charge >= 0.3 is 55.9 Å². The van der Waals surface area contributed by atoms with E-state index in [1.54, 1.807) is 123 Å². The highest BCUT2D eigenvalue weighted by Crippen LogP contribution is 2.34. The lowest BCUT2D eigenvalue weighted by atomic mass is 10.1. The number of alkyl halides is 15. The van der Waals surface area contributed by atoms with Gasteiger partial charge in [-0.05, 0) is 152 Å². The summed E-state index contributed by atoms with van der Waals surface area (Å²) in [5, 5.41) is 29.6. The van der Waals surface area contributed by atoms with Gasteiger partial charge in [0.15, 0.2) is 0 Å². The van der Waals surface area contributed by atoms with E-state index in [4.69, 9.17) is 32.2 Å². The average Bonchev–Trinajstić information content (AvgIpc) is 0.802. The van der Waals surface area contributed by atoms with Crippen LogP contribution in [0.15, 0.2) is 189 Å². The number of rotatable bonds is 19. The summed E-state index contributed by atoms with van der Waals surface area (Å²) >= 11 is 6.67. The minimum Gasteiger partial charge on any atom is -0.435 e. The van der Waals surface area contributed by atoms with E-state index in [0.717, 1.165) is 61.4 Å². The van der Waals surface area contributed by atoms with Crippen LogP contribution >= 0.6 is 23.4 Å². The van der Waals surface area contributed by atoms with Crippen LogP contribution in [0.5, 0.6) is 23.0 Å². The van der Waals surface area contributed by atoms with E-state index in [0.29, 0.717) is 68.7 Å². The lowest BCUT2D eigenvalue weighted by Crippen LogP contribution is -2.61. The number of piperazine rings is 3. The number of nitrogens with zero attached hydrogens (tertiary/aromatic N) is 11. The number of anilines is 9. The lowest BCUT2D eigenvalue weighted by molar-refractivity contribution is -0.384. The Morgan fingerprint density at radius 2 is 0.855 bits per heavy atom. The number of aromatic nitrogens is 6. The van der Waals surface area contributed by atoms with Crippen LogP contribution in [0.25, 0.3) is 33.4 Å². The average molecular weight is 1910 g/mol. The van der Waals surface area contributed by atoms with Crippen molar-refractivity contribution in [3.63, 3.8) is 0 Å². The molecule has 3 unspecified atom stereocenters. The Hall–Kier alpha value is -13.8. The smallest absolute Gasteiger partial charge is 0.410 e. The third kappa shape index (κ3) is 32.7. The molecule has 7 aromatic carbocycles. The van der Waals surface area contributed by atoms with Crippen molar-refractivity contribution in [3.05, 3.63) is 216 Å². The Morgan fingerprint density at radius 1 is 0.496 bits per heavy atom. The molecule has 3 aliphatic rings. The quantitative estimate of drug-likeness (QED) is 0.0123. The molecular formula is C84H97ClF15N19O11S. The van der Waals surface area contributed by atoms with Crippen LogP contribution in [-0.4, -0.2) is 212 Å². The van der Waals surface area contributed by atoms with Gasteiger partial charge in [0.2, 0.25) is 29.7 Å². The van der Waals surface area contributed by atoms with E-state index in [-0.39, 0.29) is 81.3 Å². The van der Waals surface area contributed by atoms with Crippen LogP contribution in [0, 0.1) is 30.9 Å². The van der Waals surface area contributed by atoms with E-state index in [9.17, 15) is 99.9 Å². The molecule has 30 nitrogen and oxygen atoms in total. The molecule has 131 heavy (non-hydrogen) atoms. The fraction of sp³-hybridized carbons (Fsp3) is 0.298. The number of urea groups is 2. The van der Waals surface area contributed by atoms with Crippen molar-refractivity contribution in [2.24, 2.45) is 0 Å². The summed E-state index contributed by atoms with van der Waals surface area (Å²) in [6.45, 7) is -1.90. The number of carbonyl (C=O) groups excluding carboxylic acids is 5. The van der Waals surface area contributed by atoms with Crippen LogP contribution in [0.3, 0.4) is 0 Å². The van der Waals surface area contributed by atoms with Crippen molar-refractivity contribution in [1.29, 1.82) is 0 Å². The minimum absolute atomic E-state index is 0. The number of aryl methyl sites for hydroxylation is 3. The van der Waals surface area contributed by atoms with Crippen LogP contribution in [-0.2, 0) is 9.59 Å². The third-order valence-electron chi connectivity index (χ3n) is 18.8. The van der Waals surface area contributed by atoms with Gasteiger partial charge in [0, 0.05) is 194 Å². The molecule has 0 spiro atoms. The molecule has 0 bridgehead atoms. The van der Waals surface area contributed by atoms with Crippen LogP contribution in [0.4, 0.5) is 138 Å². The first-order valence-electron chi connectivity index (χ1n) is 43.8. The molecule has 3 fully saturated rings. The van der Waals surface area contributed by atoms with Gasteiger partial charge in [0.25, 0.3) is 5.69 Å². The number of thioether (sulfide) groups is 1. The topological polar surface area (TPSA) is 366 Å². The predicted molar refractivity (Wildman–Crippen MR) is 474 cm³/mol. The Bertz CT molecular complexity index is 5470. The fourth-order valence-corrected chi connectivity index (χ4v) is 12.2. The number of nitrogen functional groups attached to an aromatic ring is 1. The molecule has 47 heteroatoms. The number of nitro benzene ring substituents is 1. The van der Waals surface area contributed by atoms with Crippen LogP contribution < -0.4 is 61.9 Å². The summed E-state index contributed by atoms with van der Waals surface area (Å²) in [4.78, 5) is 97.2. The van der Waals surface area contributed by atoms with Gasteiger partial charge in [0.1, 0.15) is 41.1 Å². The zero-order valence-electron chi connectivity index (χ0n) is 80.2. The number of nitro groups is 1. The molecule has 3 aromatic heterocycles. The fourth-order valence-electron chi connectivity index (χ4n) is 12.2. The molecular weight excluding hydrogens is 1800 g/mol. The van der Waals surface area contributed by atoms with Gasteiger partial charge in [-0.15, -0.1) is 0 Å². The molecule has 0 aliphatic carbocycles. The maximum absolute atomic E-state index is 13.5. The van der Waals surface area contributed by atoms with Gasteiger partial charge in [-0.1, -0.05) is 54.6 Å². The normalized spacial score (nSPS) is 15.1. The van der Waals surface area contributed by atoms with E-state index in [1.165, 1.54) is 73.1 Å². The molecule has 712 valence electrons. The Morgan fingerprint density at radius 3 is 1.19 bits per heavy atom. The molecule has 9 N–H and O–H groups in total. The van der Waals surface area contributed by atoms with Gasteiger partial charge in [0.05, 0.1) is 11.5 Å². The maximum atomic E-state index is 13.5. The van der Waals surface area contributed by atoms with Crippen LogP contribution in [0.1, 0.15) is 46.8 Å². The minimum atomic E-state index is -4.67. The van der Waals surface area contributed by atoms with E-state index in [2.05, 4.69) is 86.1 Å².